The molecule has 0 aliphatic rings. The summed E-state index contributed by atoms with van der Waals surface area (Å²) in [6.07, 6.45) is 14.3. The van der Waals surface area contributed by atoms with Crippen molar-refractivity contribution in [3.8, 4) is 34.0 Å². The first-order chi connectivity index (χ1) is 20.6. The summed E-state index contributed by atoms with van der Waals surface area (Å²) in [6.45, 7) is 5.73. The summed E-state index contributed by atoms with van der Waals surface area (Å²) in [5.41, 5.74) is 3.33. The molecular weight excluding hydrogens is 530 g/mol. The van der Waals surface area contributed by atoms with Crippen LogP contribution in [0.4, 0.5) is 8.78 Å². The number of hydrogen-bond donors (Lipinski definition) is 0. The largest absolute Gasteiger partial charge is 0.494 e. The SMILES string of the molecule is CCCCCCCCOc1cccc(-c2nc3cc(F)c(F)cc3nc2-c2cccc(OCCCCCCCC)c2)c1. The Bertz CT molecular complexity index is 1300. The first-order valence-corrected chi connectivity index (χ1v) is 15.7. The van der Waals surface area contributed by atoms with Crippen molar-refractivity contribution in [1.29, 1.82) is 0 Å². The van der Waals surface area contributed by atoms with Gasteiger partial charge in [0.15, 0.2) is 11.6 Å². The average Bonchev–Trinajstić information content (AvgIpc) is 3.00. The van der Waals surface area contributed by atoms with Gasteiger partial charge >= 0.3 is 0 Å². The van der Waals surface area contributed by atoms with Crippen LogP contribution >= 0.6 is 0 Å². The van der Waals surface area contributed by atoms with Gasteiger partial charge in [-0.1, -0.05) is 102 Å². The summed E-state index contributed by atoms with van der Waals surface area (Å²) in [6, 6.07) is 17.7. The van der Waals surface area contributed by atoms with Crippen molar-refractivity contribution in [2.75, 3.05) is 13.2 Å². The summed E-state index contributed by atoms with van der Waals surface area (Å²) in [7, 11) is 0. The van der Waals surface area contributed by atoms with E-state index < -0.39 is 11.6 Å². The first kappa shape index (κ1) is 31.4. The van der Waals surface area contributed by atoms with Crippen LogP contribution in [0.1, 0.15) is 90.9 Å². The number of rotatable bonds is 18. The van der Waals surface area contributed by atoms with Crippen LogP contribution < -0.4 is 9.47 Å². The minimum atomic E-state index is -0.948. The molecule has 4 nitrogen and oxygen atoms in total. The third kappa shape index (κ3) is 9.23. The zero-order valence-electron chi connectivity index (χ0n) is 25.1. The molecular formula is C36H44F2N2O2. The Balaban J connectivity index is 1.56. The Labute approximate surface area is 249 Å². The van der Waals surface area contributed by atoms with Gasteiger partial charge in [0, 0.05) is 23.3 Å². The van der Waals surface area contributed by atoms with Crippen LogP contribution in [0.5, 0.6) is 11.5 Å². The maximum atomic E-state index is 14.1. The van der Waals surface area contributed by atoms with E-state index in [-0.39, 0.29) is 0 Å². The van der Waals surface area contributed by atoms with Gasteiger partial charge in [0.05, 0.1) is 35.6 Å². The number of aromatic nitrogens is 2. The minimum Gasteiger partial charge on any atom is -0.494 e. The van der Waals surface area contributed by atoms with Crippen LogP contribution in [0.3, 0.4) is 0 Å². The van der Waals surface area contributed by atoms with Gasteiger partial charge in [-0.15, -0.1) is 0 Å². The van der Waals surface area contributed by atoms with E-state index >= 15 is 0 Å². The molecule has 0 N–H and O–H groups in total. The van der Waals surface area contributed by atoms with Gasteiger partial charge < -0.3 is 9.47 Å². The summed E-state index contributed by atoms with van der Waals surface area (Å²) < 4.78 is 40.4. The predicted molar refractivity (Wildman–Crippen MR) is 168 cm³/mol. The maximum absolute atomic E-state index is 14.1. The zero-order valence-corrected chi connectivity index (χ0v) is 25.1. The Morgan fingerprint density at radius 2 is 0.929 bits per heavy atom. The van der Waals surface area contributed by atoms with Crippen molar-refractivity contribution in [2.45, 2.75) is 90.9 Å². The number of unbranched alkanes of at least 4 members (excludes halogenated alkanes) is 10. The number of fused-ring (bicyclic) bond motifs is 1. The van der Waals surface area contributed by atoms with Crippen LogP contribution in [0.15, 0.2) is 60.7 Å². The molecule has 0 bridgehead atoms. The molecule has 0 radical (unpaired) electrons. The van der Waals surface area contributed by atoms with Crippen LogP contribution in [0, 0.1) is 11.6 Å². The molecule has 3 aromatic carbocycles. The number of nitrogens with zero attached hydrogens (tertiary/aromatic N) is 2. The van der Waals surface area contributed by atoms with Crippen LogP contribution in [0.2, 0.25) is 0 Å². The lowest BCUT2D eigenvalue weighted by atomic mass is 10.0. The number of hydrogen-bond acceptors (Lipinski definition) is 4. The van der Waals surface area contributed by atoms with Crippen LogP contribution in [0.25, 0.3) is 33.5 Å². The van der Waals surface area contributed by atoms with E-state index in [9.17, 15) is 8.78 Å². The Morgan fingerprint density at radius 1 is 0.524 bits per heavy atom. The maximum Gasteiger partial charge on any atom is 0.161 e. The number of benzene rings is 3. The molecule has 0 saturated carbocycles. The lowest BCUT2D eigenvalue weighted by molar-refractivity contribution is 0.304. The molecule has 6 heteroatoms. The Kier molecular flexibility index (Phi) is 12.6. The van der Waals surface area contributed by atoms with Crippen molar-refractivity contribution < 1.29 is 18.3 Å². The highest BCUT2D eigenvalue weighted by molar-refractivity contribution is 5.86. The Hall–Kier alpha value is -3.54. The molecule has 0 amide bonds. The highest BCUT2D eigenvalue weighted by Crippen LogP contribution is 2.34. The second kappa shape index (κ2) is 16.8. The third-order valence-corrected chi connectivity index (χ3v) is 7.45. The van der Waals surface area contributed by atoms with E-state index in [0.29, 0.717) is 35.6 Å². The van der Waals surface area contributed by atoms with E-state index in [1.807, 2.05) is 48.5 Å². The van der Waals surface area contributed by atoms with Gasteiger partial charge in [-0.05, 0) is 37.1 Å². The van der Waals surface area contributed by atoms with Crippen molar-refractivity contribution in [3.05, 3.63) is 72.3 Å². The zero-order chi connectivity index (χ0) is 29.6. The molecule has 1 aromatic heterocycles. The first-order valence-electron chi connectivity index (χ1n) is 15.7. The topological polar surface area (TPSA) is 44.2 Å². The van der Waals surface area contributed by atoms with Gasteiger partial charge in [0.25, 0.3) is 0 Å². The van der Waals surface area contributed by atoms with E-state index in [1.54, 1.807) is 0 Å². The summed E-state index contributed by atoms with van der Waals surface area (Å²) in [5.74, 6) is -0.404. The molecule has 224 valence electrons. The van der Waals surface area contributed by atoms with E-state index in [4.69, 9.17) is 19.4 Å². The summed E-state index contributed by atoms with van der Waals surface area (Å²) in [5, 5.41) is 0. The lowest BCUT2D eigenvalue weighted by Gasteiger charge is -2.14. The number of ether oxygens (including phenoxy) is 2. The summed E-state index contributed by atoms with van der Waals surface area (Å²) in [4.78, 5) is 9.56. The van der Waals surface area contributed by atoms with E-state index in [0.717, 1.165) is 60.4 Å². The second-order valence-electron chi connectivity index (χ2n) is 11.0. The van der Waals surface area contributed by atoms with Crippen LogP contribution in [-0.4, -0.2) is 23.2 Å². The molecule has 0 saturated heterocycles. The van der Waals surface area contributed by atoms with E-state index in [2.05, 4.69) is 13.8 Å². The Morgan fingerprint density at radius 3 is 1.36 bits per heavy atom. The van der Waals surface area contributed by atoms with E-state index in [1.165, 1.54) is 51.4 Å². The normalized spacial score (nSPS) is 11.2. The average molecular weight is 575 g/mol. The summed E-state index contributed by atoms with van der Waals surface area (Å²) >= 11 is 0. The molecule has 0 atom stereocenters. The second-order valence-corrected chi connectivity index (χ2v) is 11.0. The molecule has 0 unspecified atom stereocenters. The fourth-order valence-corrected chi connectivity index (χ4v) is 5.07. The van der Waals surface area contributed by atoms with Crippen molar-refractivity contribution in [2.24, 2.45) is 0 Å². The van der Waals surface area contributed by atoms with Crippen molar-refractivity contribution in [1.82, 2.24) is 9.97 Å². The monoisotopic (exact) mass is 574 g/mol. The van der Waals surface area contributed by atoms with Crippen LogP contribution in [-0.2, 0) is 0 Å². The molecule has 0 spiro atoms. The van der Waals surface area contributed by atoms with Gasteiger partial charge in [-0.3, -0.25) is 0 Å². The molecule has 0 aliphatic heterocycles. The minimum absolute atomic E-state index is 0.293. The smallest absolute Gasteiger partial charge is 0.161 e. The number of halogens is 2. The van der Waals surface area contributed by atoms with Gasteiger partial charge in [-0.25, -0.2) is 18.7 Å². The van der Waals surface area contributed by atoms with Gasteiger partial charge in [0.1, 0.15) is 11.5 Å². The predicted octanol–water partition coefficient (Wildman–Crippen LogP) is 10.7. The molecule has 1 heterocycles. The van der Waals surface area contributed by atoms with Crippen molar-refractivity contribution >= 4 is 11.0 Å². The highest BCUT2D eigenvalue weighted by Gasteiger charge is 2.17. The van der Waals surface area contributed by atoms with Gasteiger partial charge in [0.2, 0.25) is 0 Å². The molecule has 4 aromatic rings. The van der Waals surface area contributed by atoms with Gasteiger partial charge in [-0.2, -0.15) is 0 Å². The fraction of sp³-hybridized carbons (Fsp3) is 0.444. The molecule has 42 heavy (non-hydrogen) atoms. The lowest BCUT2D eigenvalue weighted by Crippen LogP contribution is -2.00. The molecule has 0 aliphatic carbocycles. The highest BCUT2D eigenvalue weighted by atomic mass is 19.2. The molecule has 4 rings (SSSR count). The standard InChI is InChI=1S/C36H44F2N2O2/c1-3-5-7-9-11-13-21-41-29-19-15-17-27(23-29)35-36(40-34-26-32(38)31(37)25-33(34)39-35)28-18-16-20-30(24-28)42-22-14-12-10-8-6-4-2/h15-20,23-26H,3-14,21-22H2,1-2H3. The quantitative estimate of drug-likeness (QED) is 0.111. The third-order valence-electron chi connectivity index (χ3n) is 7.45. The fourth-order valence-electron chi connectivity index (χ4n) is 5.07. The van der Waals surface area contributed by atoms with Crippen molar-refractivity contribution in [3.63, 3.8) is 0 Å². The molecule has 0 fully saturated rings.